The number of carboxylic acid groups (broad SMARTS) is 1. The molecule has 1 fully saturated rings. The first-order valence-electron chi connectivity index (χ1n) is 5.08. The quantitative estimate of drug-likeness (QED) is 0.824. The van der Waals surface area contributed by atoms with Gasteiger partial charge in [0.15, 0.2) is 15.0 Å². The van der Waals surface area contributed by atoms with Gasteiger partial charge in [-0.05, 0) is 6.42 Å². The van der Waals surface area contributed by atoms with Crippen molar-refractivity contribution >= 4 is 32.3 Å². The Balaban J connectivity index is 1.96. The number of carbonyl (C=O) groups is 1. The molecule has 1 aromatic heterocycles. The second-order valence-electron chi connectivity index (χ2n) is 3.96. The number of anilines is 1. The maximum Gasteiger partial charge on any atom is 0.309 e. The van der Waals surface area contributed by atoms with Gasteiger partial charge in [-0.2, -0.15) is 0 Å². The van der Waals surface area contributed by atoms with E-state index in [9.17, 15) is 13.2 Å². The van der Waals surface area contributed by atoms with Gasteiger partial charge in [-0.3, -0.25) is 4.79 Å². The molecule has 0 spiro atoms. The number of hydrogen-bond donors (Lipinski definition) is 2. The van der Waals surface area contributed by atoms with Gasteiger partial charge in [-0.1, -0.05) is 0 Å². The summed E-state index contributed by atoms with van der Waals surface area (Å²) in [5, 5.41) is 13.9. The Kier molecular flexibility index (Phi) is 3.34. The van der Waals surface area contributed by atoms with Crippen LogP contribution in [0, 0.1) is 0 Å². The third-order valence-electron chi connectivity index (χ3n) is 2.44. The minimum atomic E-state index is -2.91. The van der Waals surface area contributed by atoms with Crippen LogP contribution in [0.1, 0.15) is 12.1 Å². The van der Waals surface area contributed by atoms with Crippen LogP contribution < -0.4 is 5.32 Å². The molecule has 0 saturated carbocycles. The third kappa shape index (κ3) is 3.40. The lowest BCUT2D eigenvalue weighted by Crippen LogP contribution is -2.20. The maximum absolute atomic E-state index is 11.2. The Morgan fingerprint density at radius 1 is 1.65 bits per heavy atom. The number of hydrogen-bond acceptors (Lipinski definition) is 6. The zero-order chi connectivity index (χ0) is 12.5. The fourth-order valence-electron chi connectivity index (χ4n) is 1.69. The van der Waals surface area contributed by atoms with Crippen molar-refractivity contribution in [2.75, 3.05) is 16.8 Å². The summed E-state index contributed by atoms with van der Waals surface area (Å²) >= 11 is 1.30. The van der Waals surface area contributed by atoms with E-state index >= 15 is 0 Å². The second kappa shape index (κ2) is 4.61. The van der Waals surface area contributed by atoms with E-state index in [1.807, 2.05) is 0 Å². The average Bonchev–Trinajstić information content (AvgIpc) is 2.73. The SMILES string of the molecule is O=C(O)Cc1csc(NC2CCS(=O)(=O)C2)n1. The summed E-state index contributed by atoms with van der Waals surface area (Å²) in [6.45, 7) is 0. The Bertz CT molecular complexity index is 523. The molecule has 1 aliphatic heterocycles. The minimum absolute atomic E-state index is 0.108. The van der Waals surface area contributed by atoms with Gasteiger partial charge < -0.3 is 10.4 Å². The third-order valence-corrected chi connectivity index (χ3v) is 5.03. The van der Waals surface area contributed by atoms with E-state index in [-0.39, 0.29) is 24.0 Å². The molecule has 0 bridgehead atoms. The normalized spacial score (nSPS) is 22.5. The van der Waals surface area contributed by atoms with Crippen LogP contribution in [-0.4, -0.2) is 42.0 Å². The largest absolute Gasteiger partial charge is 0.481 e. The van der Waals surface area contributed by atoms with E-state index in [4.69, 9.17) is 5.11 Å². The number of aliphatic carboxylic acids is 1. The molecule has 1 aliphatic rings. The highest BCUT2D eigenvalue weighted by atomic mass is 32.2. The highest BCUT2D eigenvalue weighted by Crippen LogP contribution is 2.21. The van der Waals surface area contributed by atoms with Gasteiger partial charge in [-0.25, -0.2) is 13.4 Å². The molecule has 1 atom stereocenters. The molecule has 0 aromatic carbocycles. The number of thiazole rings is 1. The highest BCUT2D eigenvalue weighted by Gasteiger charge is 2.28. The molecule has 2 N–H and O–H groups in total. The monoisotopic (exact) mass is 276 g/mol. The highest BCUT2D eigenvalue weighted by molar-refractivity contribution is 7.91. The first kappa shape index (κ1) is 12.3. The molecule has 0 amide bonds. The summed E-state index contributed by atoms with van der Waals surface area (Å²) < 4.78 is 22.5. The molecule has 1 saturated heterocycles. The van der Waals surface area contributed by atoms with Crippen molar-refractivity contribution in [3.63, 3.8) is 0 Å². The number of aromatic nitrogens is 1. The van der Waals surface area contributed by atoms with E-state index in [0.29, 0.717) is 17.2 Å². The number of rotatable bonds is 4. The fourth-order valence-corrected chi connectivity index (χ4v) is 4.15. The van der Waals surface area contributed by atoms with Crippen LogP contribution in [0.2, 0.25) is 0 Å². The van der Waals surface area contributed by atoms with E-state index in [1.54, 1.807) is 5.38 Å². The van der Waals surface area contributed by atoms with Crippen molar-refractivity contribution in [2.24, 2.45) is 0 Å². The topological polar surface area (TPSA) is 96.4 Å². The Labute approximate surface area is 103 Å². The summed E-state index contributed by atoms with van der Waals surface area (Å²) in [6, 6.07) is -0.108. The van der Waals surface area contributed by atoms with Gasteiger partial charge >= 0.3 is 5.97 Å². The zero-order valence-corrected chi connectivity index (χ0v) is 10.6. The summed E-state index contributed by atoms with van der Waals surface area (Å²) in [6.07, 6.45) is 0.470. The first-order valence-corrected chi connectivity index (χ1v) is 7.78. The van der Waals surface area contributed by atoms with Crippen LogP contribution in [-0.2, 0) is 21.1 Å². The van der Waals surface area contributed by atoms with E-state index in [2.05, 4.69) is 10.3 Å². The summed E-state index contributed by atoms with van der Waals surface area (Å²) in [5.74, 6) is -0.593. The number of sulfone groups is 1. The summed E-state index contributed by atoms with van der Waals surface area (Å²) in [7, 11) is -2.91. The summed E-state index contributed by atoms with van der Waals surface area (Å²) in [5.41, 5.74) is 0.492. The molecule has 0 aliphatic carbocycles. The van der Waals surface area contributed by atoms with Gasteiger partial charge in [-0.15, -0.1) is 11.3 Å². The standard InChI is InChI=1S/C9H12N2O4S2/c12-8(13)3-7-4-16-9(11-7)10-6-1-2-17(14,15)5-6/h4,6H,1-3,5H2,(H,10,11)(H,12,13). The Hall–Kier alpha value is -1.15. The van der Waals surface area contributed by atoms with Crippen LogP contribution in [0.5, 0.6) is 0 Å². The Morgan fingerprint density at radius 2 is 2.41 bits per heavy atom. The van der Waals surface area contributed by atoms with Crippen molar-refractivity contribution in [2.45, 2.75) is 18.9 Å². The van der Waals surface area contributed by atoms with Crippen LogP contribution in [0.15, 0.2) is 5.38 Å². The predicted molar refractivity (Wildman–Crippen MR) is 64.1 cm³/mol. The van der Waals surface area contributed by atoms with Crippen molar-refractivity contribution in [3.05, 3.63) is 11.1 Å². The number of nitrogens with one attached hydrogen (secondary N) is 1. The minimum Gasteiger partial charge on any atom is -0.481 e. The maximum atomic E-state index is 11.2. The van der Waals surface area contributed by atoms with Crippen LogP contribution in [0.25, 0.3) is 0 Å². The van der Waals surface area contributed by atoms with Crippen LogP contribution in [0.4, 0.5) is 5.13 Å². The average molecular weight is 276 g/mol. The van der Waals surface area contributed by atoms with Crippen molar-refractivity contribution < 1.29 is 18.3 Å². The lowest BCUT2D eigenvalue weighted by molar-refractivity contribution is -0.136. The molecule has 2 heterocycles. The van der Waals surface area contributed by atoms with Crippen molar-refractivity contribution in [1.82, 2.24) is 4.98 Å². The predicted octanol–water partition coefficient (Wildman–Crippen LogP) is 0.369. The van der Waals surface area contributed by atoms with Crippen molar-refractivity contribution in [1.29, 1.82) is 0 Å². The lowest BCUT2D eigenvalue weighted by atomic mass is 10.3. The number of nitrogens with zero attached hydrogens (tertiary/aromatic N) is 1. The fraction of sp³-hybridized carbons (Fsp3) is 0.556. The van der Waals surface area contributed by atoms with Gasteiger partial charge in [0.25, 0.3) is 0 Å². The van der Waals surface area contributed by atoms with E-state index in [1.165, 1.54) is 11.3 Å². The number of carboxylic acids is 1. The molecular formula is C9H12N2O4S2. The van der Waals surface area contributed by atoms with Gasteiger partial charge in [0.2, 0.25) is 0 Å². The molecule has 6 nitrogen and oxygen atoms in total. The molecule has 2 rings (SSSR count). The lowest BCUT2D eigenvalue weighted by Gasteiger charge is -2.07. The molecule has 1 aromatic rings. The molecular weight excluding hydrogens is 264 g/mol. The Morgan fingerprint density at radius 3 is 3.00 bits per heavy atom. The van der Waals surface area contributed by atoms with Crippen LogP contribution in [0.3, 0.4) is 0 Å². The van der Waals surface area contributed by atoms with Crippen molar-refractivity contribution in [3.8, 4) is 0 Å². The van der Waals surface area contributed by atoms with Gasteiger partial charge in [0, 0.05) is 11.4 Å². The molecule has 8 heteroatoms. The first-order chi connectivity index (χ1) is 7.94. The van der Waals surface area contributed by atoms with E-state index < -0.39 is 15.8 Å². The molecule has 17 heavy (non-hydrogen) atoms. The van der Waals surface area contributed by atoms with E-state index in [0.717, 1.165) is 0 Å². The smallest absolute Gasteiger partial charge is 0.309 e. The molecule has 94 valence electrons. The van der Waals surface area contributed by atoms with Gasteiger partial charge in [0.1, 0.15) is 0 Å². The zero-order valence-electron chi connectivity index (χ0n) is 8.92. The molecule has 0 radical (unpaired) electrons. The molecule has 1 unspecified atom stereocenters. The van der Waals surface area contributed by atoms with Gasteiger partial charge in [0.05, 0.1) is 23.6 Å². The van der Waals surface area contributed by atoms with Crippen LogP contribution >= 0.6 is 11.3 Å². The summed E-state index contributed by atoms with van der Waals surface area (Å²) in [4.78, 5) is 14.6. The second-order valence-corrected chi connectivity index (χ2v) is 7.05.